The number of nitrogens with one attached hydrogen (secondary N) is 1. The Morgan fingerprint density at radius 1 is 1.25 bits per heavy atom. The van der Waals surface area contributed by atoms with Crippen molar-refractivity contribution in [3.8, 4) is 28.2 Å². The topological polar surface area (TPSA) is 94.1 Å². The van der Waals surface area contributed by atoms with E-state index >= 15 is 0 Å². The van der Waals surface area contributed by atoms with Crippen LogP contribution < -0.4 is 16.0 Å². The van der Waals surface area contributed by atoms with Crippen molar-refractivity contribution in [2.75, 3.05) is 5.73 Å². The fourth-order valence-corrected chi connectivity index (χ4v) is 2.58. The molecule has 0 radical (unpaired) electrons. The van der Waals surface area contributed by atoms with Gasteiger partial charge in [0.1, 0.15) is 5.75 Å². The number of hydrogen-bond donors (Lipinski definition) is 2. The summed E-state index contributed by atoms with van der Waals surface area (Å²) in [6.45, 7) is 5.78. The van der Waals surface area contributed by atoms with E-state index in [-0.39, 0.29) is 17.7 Å². The van der Waals surface area contributed by atoms with E-state index in [1.165, 1.54) is 0 Å². The van der Waals surface area contributed by atoms with E-state index < -0.39 is 0 Å². The maximum Gasteiger partial charge on any atom is 0.292 e. The van der Waals surface area contributed by atoms with Crippen LogP contribution in [-0.2, 0) is 0 Å². The molecule has 0 spiro atoms. The molecule has 0 saturated heterocycles. The average Bonchev–Trinajstić information content (AvgIpc) is 2.93. The Kier molecular flexibility index (Phi) is 4.12. The Bertz CT molecular complexity index is 925. The molecule has 0 unspecified atom stereocenters. The number of benzene rings is 1. The van der Waals surface area contributed by atoms with E-state index in [0.717, 1.165) is 16.7 Å². The summed E-state index contributed by atoms with van der Waals surface area (Å²) in [6, 6.07) is 7.51. The summed E-state index contributed by atoms with van der Waals surface area (Å²) in [4.78, 5) is 18.9. The quantitative estimate of drug-likeness (QED) is 0.767. The molecule has 0 amide bonds. The highest BCUT2D eigenvalue weighted by atomic mass is 16.5. The van der Waals surface area contributed by atoms with Crippen LogP contribution in [0.2, 0.25) is 0 Å². The number of oxazole rings is 1. The standard InChI is InChI=1S/C18H19N3O3/c1-10(2)23-14-7-12(15-9-21-18(19)24-15)6-13(8-14)16-11(3)4-5-20-17(16)22/h4-10H,1-3H3,(H2,19,21)(H,20,22). The van der Waals surface area contributed by atoms with Crippen LogP contribution >= 0.6 is 0 Å². The zero-order valence-corrected chi connectivity index (χ0v) is 13.8. The molecule has 6 heteroatoms. The third kappa shape index (κ3) is 3.17. The second-order valence-electron chi connectivity index (χ2n) is 5.84. The van der Waals surface area contributed by atoms with Crippen molar-refractivity contribution in [3.63, 3.8) is 0 Å². The van der Waals surface area contributed by atoms with Crippen LogP contribution in [0.25, 0.3) is 22.5 Å². The number of H-pyrrole nitrogens is 1. The first-order chi connectivity index (χ1) is 11.4. The molecule has 3 rings (SSSR count). The second-order valence-corrected chi connectivity index (χ2v) is 5.84. The molecule has 3 N–H and O–H groups in total. The van der Waals surface area contributed by atoms with E-state index in [1.807, 2.05) is 45.0 Å². The Balaban J connectivity index is 2.20. The summed E-state index contributed by atoms with van der Waals surface area (Å²) < 4.78 is 11.2. The van der Waals surface area contributed by atoms with E-state index in [4.69, 9.17) is 14.9 Å². The van der Waals surface area contributed by atoms with Gasteiger partial charge in [-0.2, -0.15) is 0 Å². The van der Waals surface area contributed by atoms with Crippen LogP contribution in [0.3, 0.4) is 0 Å². The number of nitrogens with two attached hydrogens (primary N) is 1. The van der Waals surface area contributed by atoms with Crippen molar-refractivity contribution in [2.24, 2.45) is 0 Å². The summed E-state index contributed by atoms with van der Waals surface area (Å²) in [6.07, 6.45) is 3.19. The molecule has 0 bridgehead atoms. The molecule has 0 aliphatic carbocycles. The monoisotopic (exact) mass is 325 g/mol. The number of nitrogens with zero attached hydrogens (tertiary/aromatic N) is 1. The summed E-state index contributed by atoms with van der Waals surface area (Å²) in [5.41, 5.74) is 8.38. The number of ether oxygens (including phenoxy) is 1. The van der Waals surface area contributed by atoms with Gasteiger partial charge in [-0.05, 0) is 56.2 Å². The van der Waals surface area contributed by atoms with Crippen molar-refractivity contribution in [1.82, 2.24) is 9.97 Å². The lowest BCUT2D eigenvalue weighted by atomic mass is 9.99. The summed E-state index contributed by atoms with van der Waals surface area (Å²) >= 11 is 0. The smallest absolute Gasteiger partial charge is 0.292 e. The van der Waals surface area contributed by atoms with Crippen LogP contribution in [-0.4, -0.2) is 16.1 Å². The Hall–Kier alpha value is -3.02. The third-order valence-electron chi connectivity index (χ3n) is 3.54. The van der Waals surface area contributed by atoms with Gasteiger partial charge in [-0.25, -0.2) is 4.98 Å². The highest BCUT2D eigenvalue weighted by molar-refractivity contribution is 5.74. The summed E-state index contributed by atoms with van der Waals surface area (Å²) in [5, 5.41) is 0. The number of nitrogen functional groups attached to an aromatic ring is 1. The normalized spacial score (nSPS) is 11.0. The van der Waals surface area contributed by atoms with Crippen LogP contribution in [0.4, 0.5) is 6.01 Å². The zero-order chi connectivity index (χ0) is 17.3. The van der Waals surface area contributed by atoms with E-state index in [9.17, 15) is 4.79 Å². The molecule has 1 aromatic carbocycles. The number of aromatic amines is 1. The van der Waals surface area contributed by atoms with Crippen molar-refractivity contribution in [2.45, 2.75) is 26.9 Å². The molecule has 0 saturated carbocycles. The van der Waals surface area contributed by atoms with Crippen LogP contribution in [0.5, 0.6) is 5.75 Å². The Labute approximate surface area is 139 Å². The van der Waals surface area contributed by atoms with Gasteiger partial charge in [0, 0.05) is 11.8 Å². The molecule has 24 heavy (non-hydrogen) atoms. The van der Waals surface area contributed by atoms with Gasteiger partial charge in [-0.15, -0.1) is 0 Å². The second kappa shape index (κ2) is 6.23. The largest absolute Gasteiger partial charge is 0.491 e. The van der Waals surface area contributed by atoms with Crippen LogP contribution in [0.15, 0.2) is 45.9 Å². The van der Waals surface area contributed by atoms with E-state index in [1.54, 1.807) is 12.4 Å². The van der Waals surface area contributed by atoms with Crippen LogP contribution in [0, 0.1) is 6.92 Å². The Morgan fingerprint density at radius 2 is 2.00 bits per heavy atom. The maximum absolute atomic E-state index is 12.3. The SMILES string of the molecule is Cc1cc[nH]c(=O)c1-c1cc(OC(C)C)cc(-c2cnc(N)o2)c1. The van der Waals surface area contributed by atoms with E-state index in [2.05, 4.69) is 9.97 Å². The maximum atomic E-state index is 12.3. The molecule has 0 fully saturated rings. The fraction of sp³-hybridized carbons (Fsp3) is 0.222. The molecule has 2 heterocycles. The first kappa shape index (κ1) is 15.9. The van der Waals surface area contributed by atoms with Gasteiger partial charge in [0.25, 0.3) is 11.6 Å². The van der Waals surface area contributed by atoms with Crippen molar-refractivity contribution >= 4 is 6.01 Å². The summed E-state index contributed by atoms with van der Waals surface area (Å²) in [5.74, 6) is 1.17. The molecule has 124 valence electrons. The number of pyridine rings is 1. The average molecular weight is 325 g/mol. The molecule has 0 aliphatic rings. The van der Waals surface area contributed by atoms with Gasteiger partial charge in [-0.1, -0.05) is 0 Å². The first-order valence-electron chi connectivity index (χ1n) is 7.66. The van der Waals surface area contributed by atoms with E-state index in [0.29, 0.717) is 17.1 Å². The third-order valence-corrected chi connectivity index (χ3v) is 3.54. The van der Waals surface area contributed by atoms with Crippen molar-refractivity contribution in [3.05, 3.63) is 52.6 Å². The minimum atomic E-state index is -0.153. The highest BCUT2D eigenvalue weighted by Crippen LogP contribution is 2.32. The molecular formula is C18H19N3O3. The molecule has 0 aliphatic heterocycles. The van der Waals surface area contributed by atoms with Gasteiger partial charge in [0.15, 0.2) is 5.76 Å². The minimum Gasteiger partial charge on any atom is -0.491 e. The van der Waals surface area contributed by atoms with Crippen molar-refractivity contribution < 1.29 is 9.15 Å². The minimum absolute atomic E-state index is 0.00282. The van der Waals surface area contributed by atoms with Gasteiger partial charge >= 0.3 is 0 Å². The number of aryl methyl sites for hydroxylation is 1. The molecule has 6 nitrogen and oxygen atoms in total. The number of aromatic nitrogens is 2. The van der Waals surface area contributed by atoms with Crippen LogP contribution in [0.1, 0.15) is 19.4 Å². The van der Waals surface area contributed by atoms with Gasteiger partial charge in [0.2, 0.25) is 0 Å². The molecule has 3 aromatic rings. The zero-order valence-electron chi connectivity index (χ0n) is 13.8. The Morgan fingerprint density at radius 3 is 2.62 bits per heavy atom. The summed E-state index contributed by atoms with van der Waals surface area (Å²) in [7, 11) is 0. The molecule has 0 atom stereocenters. The predicted molar refractivity (Wildman–Crippen MR) is 92.9 cm³/mol. The van der Waals surface area contributed by atoms with Crippen molar-refractivity contribution in [1.29, 1.82) is 0 Å². The lowest BCUT2D eigenvalue weighted by Crippen LogP contribution is -2.10. The lowest BCUT2D eigenvalue weighted by Gasteiger charge is -2.13. The van der Waals surface area contributed by atoms with Gasteiger partial charge in [0.05, 0.1) is 17.9 Å². The van der Waals surface area contributed by atoms with Gasteiger partial charge < -0.3 is 19.9 Å². The molecule has 2 aromatic heterocycles. The number of anilines is 1. The number of hydrogen-bond acceptors (Lipinski definition) is 5. The fourth-order valence-electron chi connectivity index (χ4n) is 2.58. The van der Waals surface area contributed by atoms with Gasteiger partial charge in [-0.3, -0.25) is 4.79 Å². The first-order valence-corrected chi connectivity index (χ1v) is 7.66. The lowest BCUT2D eigenvalue weighted by molar-refractivity contribution is 0.242. The predicted octanol–water partition coefficient (Wildman–Crippen LogP) is 3.37. The molecular weight excluding hydrogens is 306 g/mol. The highest BCUT2D eigenvalue weighted by Gasteiger charge is 2.13. The number of rotatable bonds is 4.